The number of rotatable bonds is 1. The first-order valence-electron chi connectivity index (χ1n) is 5.15. The van der Waals surface area contributed by atoms with Gasteiger partial charge in [-0.2, -0.15) is 0 Å². The summed E-state index contributed by atoms with van der Waals surface area (Å²) in [6.07, 6.45) is -0.254. The molecule has 1 heterocycles. The number of halogens is 1. The first-order valence-corrected chi connectivity index (χ1v) is 5.53. The maximum atomic E-state index is 11.7. The Morgan fingerprint density at radius 2 is 2.29 bits per heavy atom. The number of carbonyl (C=O) groups excluding carboxylic acids is 1. The van der Waals surface area contributed by atoms with Gasteiger partial charge in [-0.15, -0.1) is 0 Å². The molecule has 1 aliphatic heterocycles. The van der Waals surface area contributed by atoms with Crippen molar-refractivity contribution in [3.8, 4) is 0 Å². The van der Waals surface area contributed by atoms with E-state index < -0.39 is 12.1 Å². The summed E-state index contributed by atoms with van der Waals surface area (Å²) in [5.74, 6) is -0.353. The molecule has 2 amide bonds. The van der Waals surface area contributed by atoms with Gasteiger partial charge in [0.1, 0.15) is 6.04 Å². The van der Waals surface area contributed by atoms with Crippen LogP contribution < -0.4 is 10.6 Å². The Morgan fingerprint density at radius 3 is 3.00 bits per heavy atom. The second-order valence-corrected chi connectivity index (χ2v) is 4.20. The van der Waals surface area contributed by atoms with Gasteiger partial charge in [-0.25, -0.2) is 4.79 Å². The summed E-state index contributed by atoms with van der Waals surface area (Å²) in [5, 5.41) is 14.1. The van der Waals surface area contributed by atoms with Crippen LogP contribution in [0.3, 0.4) is 0 Å². The molecule has 0 fully saturated rings. The van der Waals surface area contributed by atoms with Crippen molar-refractivity contribution in [1.29, 1.82) is 0 Å². The minimum Gasteiger partial charge on any atom is -0.465 e. The van der Waals surface area contributed by atoms with E-state index in [2.05, 4.69) is 10.6 Å². The fourth-order valence-corrected chi connectivity index (χ4v) is 2.13. The fourth-order valence-electron chi connectivity index (χ4n) is 1.86. The van der Waals surface area contributed by atoms with Gasteiger partial charge in [0.25, 0.3) is 0 Å². The Bertz CT molecular complexity index is 476. The molecule has 90 valence electrons. The zero-order valence-corrected chi connectivity index (χ0v) is 9.62. The van der Waals surface area contributed by atoms with Gasteiger partial charge in [-0.1, -0.05) is 17.7 Å². The highest BCUT2D eigenvalue weighted by atomic mass is 35.5. The molecule has 6 heteroatoms. The van der Waals surface area contributed by atoms with Crippen LogP contribution >= 0.6 is 11.6 Å². The van der Waals surface area contributed by atoms with Crippen molar-refractivity contribution in [2.24, 2.45) is 0 Å². The summed E-state index contributed by atoms with van der Waals surface area (Å²) in [6.45, 7) is 0. The smallest absolute Gasteiger partial charge is 0.405 e. The van der Waals surface area contributed by atoms with Crippen LogP contribution in [0.4, 0.5) is 10.5 Å². The average Bonchev–Trinajstić information content (AvgIpc) is 2.39. The van der Waals surface area contributed by atoms with Gasteiger partial charge in [0, 0.05) is 10.7 Å². The van der Waals surface area contributed by atoms with Gasteiger partial charge >= 0.3 is 6.09 Å². The van der Waals surface area contributed by atoms with E-state index in [0.717, 1.165) is 5.56 Å². The molecule has 1 aromatic carbocycles. The standard InChI is InChI=1S/C11H11ClN2O3/c12-7-2-1-3-8-6(7)4-5-9(10(15)13-8)14-11(16)17/h1-3,9,14H,4-5H2,(H,13,15)(H,16,17). The van der Waals surface area contributed by atoms with Gasteiger partial charge < -0.3 is 15.7 Å². The Morgan fingerprint density at radius 1 is 1.53 bits per heavy atom. The third-order valence-electron chi connectivity index (χ3n) is 2.67. The lowest BCUT2D eigenvalue weighted by molar-refractivity contribution is -0.118. The van der Waals surface area contributed by atoms with Crippen molar-refractivity contribution >= 4 is 29.3 Å². The van der Waals surface area contributed by atoms with Crippen molar-refractivity contribution in [3.63, 3.8) is 0 Å². The molecule has 1 atom stereocenters. The van der Waals surface area contributed by atoms with E-state index in [1.165, 1.54) is 0 Å². The summed E-state index contributed by atoms with van der Waals surface area (Å²) in [7, 11) is 0. The second kappa shape index (κ2) is 4.63. The highest BCUT2D eigenvalue weighted by Crippen LogP contribution is 2.28. The summed E-state index contributed by atoms with van der Waals surface area (Å²) < 4.78 is 0. The van der Waals surface area contributed by atoms with E-state index in [1.807, 2.05) is 0 Å². The van der Waals surface area contributed by atoms with Crippen LogP contribution in [0.25, 0.3) is 0 Å². The lowest BCUT2D eigenvalue weighted by Gasteiger charge is -2.12. The Hall–Kier alpha value is -1.75. The number of hydrogen-bond donors (Lipinski definition) is 3. The summed E-state index contributed by atoms with van der Waals surface area (Å²) in [6, 6.07) is 4.50. The molecule has 0 radical (unpaired) electrons. The van der Waals surface area contributed by atoms with Crippen molar-refractivity contribution < 1.29 is 14.7 Å². The van der Waals surface area contributed by atoms with Crippen LogP contribution in [-0.2, 0) is 11.2 Å². The Balaban J connectivity index is 2.25. The number of carboxylic acid groups (broad SMARTS) is 1. The van der Waals surface area contributed by atoms with E-state index in [-0.39, 0.29) is 5.91 Å². The molecule has 0 saturated heterocycles. The van der Waals surface area contributed by atoms with Crippen LogP contribution in [0, 0.1) is 0 Å². The van der Waals surface area contributed by atoms with Crippen molar-refractivity contribution in [2.45, 2.75) is 18.9 Å². The molecule has 0 aliphatic carbocycles. The molecule has 1 aliphatic rings. The number of nitrogens with one attached hydrogen (secondary N) is 2. The molecule has 0 saturated carbocycles. The summed E-state index contributed by atoms with van der Waals surface area (Å²) >= 11 is 6.03. The van der Waals surface area contributed by atoms with Gasteiger partial charge in [0.2, 0.25) is 5.91 Å². The Labute approximate surface area is 103 Å². The molecule has 3 N–H and O–H groups in total. The van der Waals surface area contributed by atoms with E-state index in [0.29, 0.717) is 23.6 Å². The molecule has 1 aromatic rings. The fraction of sp³-hybridized carbons (Fsp3) is 0.273. The predicted octanol–water partition coefficient (Wildman–Crippen LogP) is 1.86. The summed E-state index contributed by atoms with van der Waals surface area (Å²) in [4.78, 5) is 22.3. The molecule has 17 heavy (non-hydrogen) atoms. The maximum Gasteiger partial charge on any atom is 0.405 e. The summed E-state index contributed by atoms with van der Waals surface area (Å²) in [5.41, 5.74) is 1.49. The van der Waals surface area contributed by atoms with E-state index in [1.54, 1.807) is 18.2 Å². The quantitative estimate of drug-likeness (QED) is 0.716. The second-order valence-electron chi connectivity index (χ2n) is 3.80. The van der Waals surface area contributed by atoms with Gasteiger partial charge in [0.05, 0.1) is 0 Å². The van der Waals surface area contributed by atoms with Crippen LogP contribution in [0.2, 0.25) is 5.02 Å². The lowest BCUT2D eigenvalue weighted by Crippen LogP contribution is -2.42. The topological polar surface area (TPSA) is 78.4 Å². The molecule has 5 nitrogen and oxygen atoms in total. The molecule has 0 aromatic heterocycles. The zero-order chi connectivity index (χ0) is 12.4. The normalized spacial score (nSPS) is 18.9. The average molecular weight is 255 g/mol. The van der Waals surface area contributed by atoms with E-state index in [4.69, 9.17) is 16.7 Å². The van der Waals surface area contributed by atoms with Crippen molar-refractivity contribution in [3.05, 3.63) is 28.8 Å². The van der Waals surface area contributed by atoms with Gasteiger partial charge in [-0.05, 0) is 30.5 Å². The maximum absolute atomic E-state index is 11.7. The van der Waals surface area contributed by atoms with Crippen LogP contribution in [-0.4, -0.2) is 23.1 Å². The number of hydrogen-bond acceptors (Lipinski definition) is 2. The number of carbonyl (C=O) groups is 2. The van der Waals surface area contributed by atoms with Crippen molar-refractivity contribution in [2.75, 3.05) is 5.32 Å². The minimum absolute atomic E-state index is 0.353. The third-order valence-corrected chi connectivity index (χ3v) is 3.03. The number of fused-ring (bicyclic) bond motifs is 1. The monoisotopic (exact) mass is 254 g/mol. The van der Waals surface area contributed by atoms with Crippen LogP contribution in [0.15, 0.2) is 18.2 Å². The number of amides is 2. The molecular weight excluding hydrogens is 244 g/mol. The van der Waals surface area contributed by atoms with E-state index in [9.17, 15) is 9.59 Å². The van der Waals surface area contributed by atoms with Crippen LogP contribution in [0.1, 0.15) is 12.0 Å². The molecule has 0 spiro atoms. The molecule has 2 rings (SSSR count). The van der Waals surface area contributed by atoms with Crippen molar-refractivity contribution in [1.82, 2.24) is 5.32 Å². The molecule has 0 bridgehead atoms. The van der Waals surface area contributed by atoms with E-state index >= 15 is 0 Å². The molecule has 1 unspecified atom stereocenters. The van der Waals surface area contributed by atoms with Gasteiger partial charge in [0.15, 0.2) is 0 Å². The van der Waals surface area contributed by atoms with Gasteiger partial charge in [-0.3, -0.25) is 4.79 Å². The zero-order valence-electron chi connectivity index (χ0n) is 8.87. The highest BCUT2D eigenvalue weighted by Gasteiger charge is 2.25. The number of anilines is 1. The Kier molecular flexibility index (Phi) is 3.19. The lowest BCUT2D eigenvalue weighted by atomic mass is 10.1. The first-order chi connectivity index (χ1) is 8.08. The SMILES string of the molecule is O=C(O)NC1CCc2c(Cl)cccc2NC1=O. The van der Waals surface area contributed by atoms with Crippen LogP contribution in [0.5, 0.6) is 0 Å². The largest absolute Gasteiger partial charge is 0.465 e. The minimum atomic E-state index is -1.21. The molecular formula is C11H11ClN2O3. The third kappa shape index (κ3) is 2.50. The predicted molar refractivity (Wildman–Crippen MR) is 63.4 cm³/mol. The highest BCUT2D eigenvalue weighted by molar-refractivity contribution is 6.31. The first kappa shape index (κ1) is 11.7. The number of benzene rings is 1.